The zero-order valence-corrected chi connectivity index (χ0v) is 19.5. The lowest BCUT2D eigenvalue weighted by Crippen LogP contribution is -2.37. The molecular formula is C27H31N5O. The molecule has 0 spiro atoms. The first-order valence-electron chi connectivity index (χ1n) is 11.8. The third-order valence-electron chi connectivity index (χ3n) is 6.82. The van der Waals surface area contributed by atoms with E-state index in [1.807, 2.05) is 31.3 Å². The molecule has 0 bridgehead atoms. The summed E-state index contributed by atoms with van der Waals surface area (Å²) in [5.74, 6) is 0.643. The maximum atomic E-state index is 11.8. The Morgan fingerprint density at radius 3 is 2.52 bits per heavy atom. The molecule has 0 atom stereocenters. The van der Waals surface area contributed by atoms with Gasteiger partial charge in [-0.2, -0.15) is 0 Å². The fraction of sp³-hybridized carbons (Fsp3) is 0.333. The molecule has 0 aliphatic carbocycles. The van der Waals surface area contributed by atoms with Crippen molar-refractivity contribution in [2.24, 2.45) is 0 Å². The summed E-state index contributed by atoms with van der Waals surface area (Å²) in [7, 11) is 0. The summed E-state index contributed by atoms with van der Waals surface area (Å²) in [5, 5.41) is 3.54. The molecule has 33 heavy (non-hydrogen) atoms. The van der Waals surface area contributed by atoms with Crippen LogP contribution in [-0.4, -0.2) is 38.4 Å². The van der Waals surface area contributed by atoms with Gasteiger partial charge in [-0.05, 0) is 88.5 Å². The van der Waals surface area contributed by atoms with Gasteiger partial charge in [-0.3, -0.25) is 9.20 Å². The highest BCUT2D eigenvalue weighted by atomic mass is 16.1. The molecule has 4 heterocycles. The highest BCUT2D eigenvalue weighted by molar-refractivity contribution is 5.78. The van der Waals surface area contributed by atoms with Crippen molar-refractivity contribution in [1.29, 1.82) is 0 Å². The molecule has 1 saturated heterocycles. The third kappa shape index (κ3) is 4.31. The number of H-pyrrole nitrogens is 1. The van der Waals surface area contributed by atoms with Crippen LogP contribution in [0, 0.1) is 6.92 Å². The number of fused-ring (bicyclic) bond motifs is 1. The maximum absolute atomic E-state index is 11.8. The lowest BCUT2D eigenvalue weighted by atomic mass is 9.89. The molecule has 1 aromatic carbocycles. The predicted octanol–water partition coefficient (Wildman–Crippen LogP) is 5.33. The second-order valence-corrected chi connectivity index (χ2v) is 9.28. The molecule has 6 nitrogen and oxygen atoms in total. The van der Waals surface area contributed by atoms with Crippen LogP contribution < -0.4 is 10.9 Å². The molecule has 0 saturated carbocycles. The molecule has 6 heteroatoms. The minimum Gasteiger partial charge on any atom is -0.352 e. The zero-order chi connectivity index (χ0) is 22.9. The van der Waals surface area contributed by atoms with Gasteiger partial charge in [0.2, 0.25) is 5.56 Å². The number of imidazole rings is 1. The standard InChI is InChI=1S/C27H31N5O/c1-18(2)31-14-11-21(12-15-31)20-4-6-23(7-5-20)30-24-8-9-25(22-10-13-28-26(33)16-22)32-19(3)17-29-27(24)32/h4-10,13,16-18,21,30H,11-12,14-15H2,1-3H3,(H,28,33). The van der Waals surface area contributed by atoms with Crippen molar-refractivity contribution >= 4 is 17.0 Å². The Balaban J connectivity index is 1.38. The molecule has 3 aromatic heterocycles. The van der Waals surface area contributed by atoms with Crippen molar-refractivity contribution in [3.05, 3.63) is 82.5 Å². The number of rotatable bonds is 5. The average Bonchev–Trinajstić information content (AvgIpc) is 3.22. The number of hydrogen-bond acceptors (Lipinski definition) is 4. The number of aryl methyl sites for hydroxylation is 1. The molecule has 0 amide bonds. The van der Waals surface area contributed by atoms with Gasteiger partial charge in [0.15, 0.2) is 5.65 Å². The van der Waals surface area contributed by atoms with Crippen LogP contribution >= 0.6 is 0 Å². The Morgan fingerprint density at radius 1 is 1.06 bits per heavy atom. The predicted molar refractivity (Wildman–Crippen MR) is 134 cm³/mol. The summed E-state index contributed by atoms with van der Waals surface area (Å²) in [4.78, 5) is 21.7. The van der Waals surface area contributed by atoms with Gasteiger partial charge in [-0.1, -0.05) is 12.1 Å². The molecule has 4 aromatic rings. The largest absolute Gasteiger partial charge is 0.352 e. The van der Waals surface area contributed by atoms with E-state index in [1.54, 1.807) is 12.3 Å². The van der Waals surface area contributed by atoms with Gasteiger partial charge in [0.1, 0.15) is 0 Å². The number of piperidine rings is 1. The first-order chi connectivity index (χ1) is 16.0. The van der Waals surface area contributed by atoms with Crippen LogP contribution in [0.3, 0.4) is 0 Å². The van der Waals surface area contributed by atoms with Gasteiger partial charge in [0, 0.05) is 41.4 Å². The van der Waals surface area contributed by atoms with Gasteiger partial charge in [-0.15, -0.1) is 0 Å². The van der Waals surface area contributed by atoms with Gasteiger partial charge in [0.05, 0.1) is 11.4 Å². The monoisotopic (exact) mass is 441 g/mol. The molecule has 2 N–H and O–H groups in total. The van der Waals surface area contributed by atoms with Gasteiger partial charge >= 0.3 is 0 Å². The summed E-state index contributed by atoms with van der Waals surface area (Å²) in [6, 6.07) is 17.1. The molecule has 1 fully saturated rings. The van der Waals surface area contributed by atoms with Crippen molar-refractivity contribution in [3.8, 4) is 11.3 Å². The molecule has 0 unspecified atom stereocenters. The van der Waals surface area contributed by atoms with Crippen LogP contribution in [0.5, 0.6) is 0 Å². The number of likely N-dealkylation sites (tertiary alicyclic amines) is 1. The van der Waals surface area contributed by atoms with Crippen molar-refractivity contribution in [2.45, 2.75) is 45.6 Å². The number of hydrogen-bond donors (Lipinski definition) is 2. The summed E-state index contributed by atoms with van der Waals surface area (Å²) in [6.45, 7) is 8.95. The van der Waals surface area contributed by atoms with Crippen LogP contribution in [0.25, 0.3) is 16.9 Å². The molecule has 0 radical (unpaired) electrons. The summed E-state index contributed by atoms with van der Waals surface area (Å²) in [6.07, 6.45) is 5.99. The van der Waals surface area contributed by atoms with E-state index in [0.717, 1.165) is 34.0 Å². The number of benzene rings is 1. The van der Waals surface area contributed by atoms with E-state index in [4.69, 9.17) is 0 Å². The molecular weight excluding hydrogens is 410 g/mol. The Kier molecular flexibility index (Phi) is 5.77. The number of aromatic nitrogens is 3. The van der Waals surface area contributed by atoms with E-state index in [9.17, 15) is 4.79 Å². The fourth-order valence-corrected chi connectivity index (χ4v) is 4.91. The third-order valence-corrected chi connectivity index (χ3v) is 6.82. The number of nitrogens with one attached hydrogen (secondary N) is 2. The van der Waals surface area contributed by atoms with Crippen LogP contribution in [0.4, 0.5) is 11.4 Å². The number of pyridine rings is 2. The van der Waals surface area contributed by atoms with Crippen LogP contribution in [-0.2, 0) is 0 Å². The fourth-order valence-electron chi connectivity index (χ4n) is 4.91. The smallest absolute Gasteiger partial charge is 0.248 e. The van der Waals surface area contributed by atoms with Crippen molar-refractivity contribution in [1.82, 2.24) is 19.3 Å². The van der Waals surface area contributed by atoms with Crippen LogP contribution in [0.1, 0.15) is 43.9 Å². The van der Waals surface area contributed by atoms with Gasteiger partial charge in [-0.25, -0.2) is 4.98 Å². The van der Waals surface area contributed by atoms with E-state index in [1.165, 1.54) is 31.5 Å². The summed E-state index contributed by atoms with van der Waals surface area (Å²) < 4.78 is 2.09. The molecule has 1 aliphatic rings. The van der Waals surface area contributed by atoms with Gasteiger partial charge < -0.3 is 15.2 Å². The highest BCUT2D eigenvalue weighted by Gasteiger charge is 2.22. The molecule has 1 aliphatic heterocycles. The Labute approximate surface area is 194 Å². The van der Waals surface area contributed by atoms with E-state index in [2.05, 4.69) is 62.7 Å². The van der Waals surface area contributed by atoms with E-state index < -0.39 is 0 Å². The molecule has 170 valence electrons. The van der Waals surface area contributed by atoms with Crippen molar-refractivity contribution in [2.75, 3.05) is 18.4 Å². The first-order valence-corrected chi connectivity index (χ1v) is 11.8. The average molecular weight is 442 g/mol. The Bertz CT molecular complexity index is 1310. The molecule has 5 rings (SSSR count). The van der Waals surface area contributed by atoms with E-state index in [-0.39, 0.29) is 5.56 Å². The minimum atomic E-state index is -0.115. The van der Waals surface area contributed by atoms with E-state index >= 15 is 0 Å². The second-order valence-electron chi connectivity index (χ2n) is 9.28. The summed E-state index contributed by atoms with van der Waals surface area (Å²) >= 11 is 0. The van der Waals surface area contributed by atoms with Crippen molar-refractivity contribution < 1.29 is 0 Å². The van der Waals surface area contributed by atoms with Crippen LogP contribution in [0.2, 0.25) is 0 Å². The van der Waals surface area contributed by atoms with Crippen LogP contribution in [0.15, 0.2) is 65.7 Å². The topological polar surface area (TPSA) is 65.4 Å². The summed E-state index contributed by atoms with van der Waals surface area (Å²) in [5.41, 5.74) is 6.97. The lowest BCUT2D eigenvalue weighted by Gasteiger charge is -2.34. The highest BCUT2D eigenvalue weighted by Crippen LogP contribution is 2.31. The number of anilines is 2. The minimum absolute atomic E-state index is 0.115. The number of aromatic amines is 1. The number of nitrogens with zero attached hydrogens (tertiary/aromatic N) is 3. The zero-order valence-electron chi connectivity index (χ0n) is 19.5. The maximum Gasteiger partial charge on any atom is 0.248 e. The Hall–Kier alpha value is -3.38. The van der Waals surface area contributed by atoms with Gasteiger partial charge in [0.25, 0.3) is 0 Å². The lowest BCUT2D eigenvalue weighted by molar-refractivity contribution is 0.172. The van der Waals surface area contributed by atoms with E-state index in [0.29, 0.717) is 12.0 Å². The second kappa shape index (κ2) is 8.87. The normalized spacial score (nSPS) is 15.4. The SMILES string of the molecule is Cc1cnc2c(Nc3ccc(C4CCN(C(C)C)CC4)cc3)ccc(-c3cc[nH]c(=O)c3)n12. The quantitative estimate of drug-likeness (QED) is 0.439. The van der Waals surface area contributed by atoms with Crippen molar-refractivity contribution in [3.63, 3.8) is 0 Å². The Morgan fingerprint density at radius 2 is 1.82 bits per heavy atom. The first kappa shape index (κ1) is 21.5.